The minimum atomic E-state index is -1.36. The van der Waals surface area contributed by atoms with Gasteiger partial charge in [0.15, 0.2) is 23.0 Å². The Hall–Kier alpha value is -7.34. The molecule has 0 unspecified atom stereocenters. The third kappa shape index (κ3) is 14.3. The lowest BCUT2D eigenvalue weighted by Gasteiger charge is -2.33. The van der Waals surface area contributed by atoms with E-state index in [0.717, 1.165) is 40.9 Å². The van der Waals surface area contributed by atoms with Gasteiger partial charge in [-0.3, -0.25) is 24.2 Å². The van der Waals surface area contributed by atoms with Crippen LogP contribution in [0.2, 0.25) is 0 Å². The number of aliphatic imine (C=N–C) groups is 1. The van der Waals surface area contributed by atoms with Crippen molar-refractivity contribution < 1.29 is 67.1 Å². The lowest BCUT2D eigenvalue weighted by Crippen LogP contribution is -2.40. The summed E-state index contributed by atoms with van der Waals surface area (Å²) in [5, 5.41) is 16.1. The van der Waals surface area contributed by atoms with E-state index in [2.05, 4.69) is 23.1 Å². The molecule has 4 aliphatic heterocycles. The van der Waals surface area contributed by atoms with Gasteiger partial charge in [-0.2, -0.15) is 0 Å². The number of nitrogens with zero attached hydrogens (tertiary/aromatic N) is 5. The van der Waals surface area contributed by atoms with E-state index in [-0.39, 0.29) is 63.5 Å². The molecule has 22 heteroatoms. The predicted molar refractivity (Wildman–Crippen MR) is 314 cm³/mol. The van der Waals surface area contributed by atoms with Crippen molar-refractivity contribution in [1.82, 2.24) is 5.06 Å². The van der Waals surface area contributed by atoms with Gasteiger partial charge < -0.3 is 63.1 Å². The highest BCUT2D eigenvalue weighted by Gasteiger charge is 2.38. The van der Waals surface area contributed by atoms with E-state index in [1.54, 1.807) is 43.2 Å². The SMILES string of the molecule is C=Nc1cc(OCc2cc(COc3cc4c(cc3OC)C(=O)N3c5ccccc5C[C@H]3CN4)cc(N(CCOCCOCCOC)C[C@@](C)(O)SSCCCC(=O)ON3C(=O)CCC3=O)c2)c(OC)cc1C(=O)N1CCc2ccccc21. The third-order valence-corrected chi connectivity index (χ3v) is 17.2. The smallest absolute Gasteiger partial charge is 0.333 e. The Balaban J connectivity index is 0.973. The second kappa shape index (κ2) is 27.6. The van der Waals surface area contributed by atoms with Gasteiger partial charge in [0.2, 0.25) is 0 Å². The Bertz CT molecular complexity index is 3150. The second-order valence-corrected chi connectivity index (χ2v) is 23.0. The molecule has 4 aliphatic rings. The fraction of sp³-hybridized carbons (Fsp3) is 0.400. The van der Waals surface area contributed by atoms with Crippen LogP contribution >= 0.6 is 21.6 Å². The predicted octanol–water partition coefficient (Wildman–Crippen LogP) is 8.36. The molecular weight excluding hydrogens is 1090 g/mol. The highest BCUT2D eigenvalue weighted by Crippen LogP contribution is 2.43. The molecule has 2 N–H and O–H groups in total. The van der Waals surface area contributed by atoms with Crippen molar-refractivity contribution in [3.05, 3.63) is 124 Å². The third-order valence-electron chi connectivity index (χ3n) is 14.2. The molecule has 1 saturated heterocycles. The minimum absolute atomic E-state index is 0.00798. The number of methoxy groups -OCH3 is 3. The number of imide groups is 1. The summed E-state index contributed by atoms with van der Waals surface area (Å²) in [4.78, 5) is 78.4. The monoisotopic (exact) mass is 1160 g/mol. The van der Waals surface area contributed by atoms with E-state index >= 15 is 0 Å². The maximum atomic E-state index is 14.3. The zero-order valence-electron chi connectivity index (χ0n) is 46.5. The number of anilines is 4. The van der Waals surface area contributed by atoms with E-state index in [1.165, 1.54) is 35.8 Å². The van der Waals surface area contributed by atoms with Crippen molar-refractivity contribution in [3.8, 4) is 23.0 Å². The zero-order chi connectivity index (χ0) is 57.8. The Morgan fingerprint density at radius 1 is 0.793 bits per heavy atom. The Morgan fingerprint density at radius 2 is 1.45 bits per heavy atom. The van der Waals surface area contributed by atoms with Crippen LogP contribution in [0.25, 0.3) is 0 Å². The normalized spacial score (nSPS) is 15.9. The number of nitrogens with one attached hydrogen (secondary N) is 1. The summed E-state index contributed by atoms with van der Waals surface area (Å²) in [7, 11) is 7.25. The molecule has 82 heavy (non-hydrogen) atoms. The van der Waals surface area contributed by atoms with Gasteiger partial charge in [0.05, 0.1) is 82.3 Å². The summed E-state index contributed by atoms with van der Waals surface area (Å²) < 4.78 is 41.7. The fourth-order valence-corrected chi connectivity index (χ4v) is 12.5. The summed E-state index contributed by atoms with van der Waals surface area (Å²) in [6, 6.07) is 28.4. The molecule has 0 aromatic heterocycles. The molecule has 0 aliphatic carbocycles. The van der Waals surface area contributed by atoms with Crippen LogP contribution in [0.3, 0.4) is 0 Å². The van der Waals surface area contributed by atoms with Crippen molar-refractivity contribution in [2.24, 2.45) is 4.99 Å². The molecule has 0 spiro atoms. The first-order valence-electron chi connectivity index (χ1n) is 27.1. The van der Waals surface area contributed by atoms with E-state index in [4.69, 9.17) is 38.0 Å². The Kier molecular flexibility index (Phi) is 20.0. The molecular formula is C60H68N6O14S2. The molecule has 434 valence electrons. The van der Waals surface area contributed by atoms with Gasteiger partial charge >= 0.3 is 5.97 Å². The van der Waals surface area contributed by atoms with Gasteiger partial charge in [-0.1, -0.05) is 58.0 Å². The number of hydrogen-bond acceptors (Lipinski definition) is 19. The Labute approximate surface area is 484 Å². The van der Waals surface area contributed by atoms with Gasteiger partial charge in [-0.05, 0) is 97.6 Å². The summed E-state index contributed by atoms with van der Waals surface area (Å²) in [6.07, 6.45) is 1.82. The van der Waals surface area contributed by atoms with Gasteiger partial charge in [0, 0.05) is 81.0 Å². The Morgan fingerprint density at radius 3 is 2.16 bits per heavy atom. The standard InChI is InChI=1S/C60H68N6O14S2/c1-60(72,82-81-26-10-15-57(69)80-66-55(67)16-17-56(66)68)38-63(20-21-76-24-25-77-23-22-73-3)43-28-39(36-78-53-33-47(61-2)45(31-51(53)74-4)58(70)64-19-18-41-11-6-8-13-49(41)64)27-40(29-43)37-79-54-34-48-46(32-52(54)75-5)59(71)65-44(35-62-48)30-42-12-7-9-14-50(42)65/h6-9,11-14,27-29,31-34,44,62,72H,2,10,15-26,30,35-38H2,1,3-5H3/t44-,60-/m0/s1. The fourth-order valence-electron chi connectivity index (χ4n) is 10.2. The highest BCUT2D eigenvalue weighted by atomic mass is 33.1. The van der Waals surface area contributed by atoms with Gasteiger partial charge in [0.1, 0.15) is 18.1 Å². The van der Waals surface area contributed by atoms with Crippen molar-refractivity contribution in [3.63, 3.8) is 0 Å². The van der Waals surface area contributed by atoms with Gasteiger partial charge in [-0.15, -0.1) is 5.06 Å². The number of hydrogen-bond donors (Lipinski definition) is 2. The van der Waals surface area contributed by atoms with Crippen molar-refractivity contribution in [1.29, 1.82) is 0 Å². The number of carbonyl (C=O) groups is 5. The first kappa shape index (κ1) is 59.3. The van der Waals surface area contributed by atoms with Crippen LogP contribution in [-0.4, -0.2) is 144 Å². The molecule has 5 aromatic carbocycles. The van der Waals surface area contributed by atoms with Crippen molar-refractivity contribution in [2.45, 2.75) is 69.6 Å². The van der Waals surface area contributed by atoms with Crippen LogP contribution in [0.5, 0.6) is 23.0 Å². The highest BCUT2D eigenvalue weighted by molar-refractivity contribution is 8.77. The number of benzene rings is 5. The number of fused-ring (bicyclic) bond motifs is 5. The van der Waals surface area contributed by atoms with Crippen molar-refractivity contribution in [2.75, 3.05) is 106 Å². The van der Waals surface area contributed by atoms with Crippen LogP contribution in [0.1, 0.15) is 75.6 Å². The topological polar surface area (TPSA) is 217 Å². The molecule has 0 bridgehead atoms. The molecule has 1 fully saturated rings. The number of carbonyl (C=O) groups excluding carboxylic acids is 5. The van der Waals surface area contributed by atoms with E-state index < -0.39 is 22.7 Å². The summed E-state index contributed by atoms with van der Waals surface area (Å²) in [5.74, 6) is -0.256. The van der Waals surface area contributed by atoms with Gasteiger partial charge in [-0.25, -0.2) is 4.79 Å². The van der Waals surface area contributed by atoms with E-state index in [1.807, 2.05) is 70.5 Å². The first-order chi connectivity index (χ1) is 39.8. The number of para-hydroxylation sites is 2. The molecule has 20 nitrogen and oxygen atoms in total. The lowest BCUT2D eigenvalue weighted by molar-refractivity contribution is -0.197. The number of amides is 4. The quantitative estimate of drug-likeness (QED) is 0.0151. The number of ether oxygens (including phenoxy) is 7. The molecule has 4 heterocycles. The average molecular weight is 1160 g/mol. The van der Waals surface area contributed by atoms with Crippen LogP contribution in [-0.2, 0) is 59.5 Å². The first-order valence-corrected chi connectivity index (χ1v) is 29.4. The maximum absolute atomic E-state index is 14.3. The van der Waals surface area contributed by atoms with Crippen LogP contribution < -0.4 is 39.0 Å². The maximum Gasteiger partial charge on any atom is 0.333 e. The molecule has 0 radical (unpaired) electrons. The van der Waals surface area contributed by atoms with Crippen LogP contribution in [0.4, 0.5) is 28.4 Å². The summed E-state index contributed by atoms with van der Waals surface area (Å²) >= 11 is 0. The zero-order valence-corrected chi connectivity index (χ0v) is 48.1. The second-order valence-electron chi connectivity index (χ2n) is 20.1. The molecule has 5 aromatic rings. The minimum Gasteiger partial charge on any atom is -0.493 e. The largest absolute Gasteiger partial charge is 0.493 e. The van der Waals surface area contributed by atoms with Crippen LogP contribution in [0.15, 0.2) is 96.0 Å². The molecule has 9 rings (SSSR count). The number of hydroxylamine groups is 2. The summed E-state index contributed by atoms with van der Waals surface area (Å²) in [5.41, 5.74) is 7.83. The molecule has 0 saturated carbocycles. The molecule has 2 atom stereocenters. The molecule has 4 amide bonds. The number of rotatable bonds is 29. The average Bonchev–Trinajstić information content (AvgIpc) is 4.38. The van der Waals surface area contributed by atoms with Crippen molar-refractivity contribution >= 4 is 86.3 Å². The van der Waals surface area contributed by atoms with E-state index in [9.17, 15) is 29.1 Å². The van der Waals surface area contributed by atoms with Gasteiger partial charge in [0.25, 0.3) is 23.6 Å². The lowest BCUT2D eigenvalue weighted by atomic mass is 10.1. The number of aliphatic hydroxyl groups is 1. The van der Waals surface area contributed by atoms with Crippen LogP contribution in [0, 0.1) is 0 Å². The van der Waals surface area contributed by atoms with E-state index in [0.29, 0.717) is 120 Å². The summed E-state index contributed by atoms with van der Waals surface area (Å²) in [6.45, 7) is 8.90.